The molecule has 10 nitrogen and oxygen atoms in total. The summed E-state index contributed by atoms with van der Waals surface area (Å²) in [5.41, 5.74) is 3.08. The second-order valence-corrected chi connectivity index (χ2v) is 11.2. The Morgan fingerprint density at radius 1 is 1.25 bits per heavy atom. The van der Waals surface area contributed by atoms with Crippen molar-refractivity contribution in [3.8, 4) is 0 Å². The van der Waals surface area contributed by atoms with E-state index in [2.05, 4.69) is 23.7 Å². The molecule has 0 aromatic carbocycles. The number of nitrogens with zero attached hydrogens (tertiary/aromatic N) is 4. The Morgan fingerprint density at radius 3 is 2.94 bits per heavy atom. The molecule has 3 N–H and O–H groups in total. The average molecular weight is 528 g/mol. The fourth-order valence-electron chi connectivity index (χ4n) is 4.80. The molecule has 3 atom stereocenters. The Morgan fingerprint density at radius 2 is 2.11 bits per heavy atom. The zero-order chi connectivity index (χ0) is 25.3. The zero-order valence-electron chi connectivity index (χ0n) is 19.2. The van der Waals surface area contributed by atoms with E-state index in [9.17, 15) is 18.3 Å². The van der Waals surface area contributed by atoms with E-state index in [-0.39, 0.29) is 24.2 Å². The molecule has 1 saturated carbocycles. The summed E-state index contributed by atoms with van der Waals surface area (Å²) >= 11 is 1.38. The lowest BCUT2D eigenvalue weighted by Crippen LogP contribution is -2.24. The predicted molar refractivity (Wildman–Crippen MR) is 134 cm³/mol. The fraction of sp³-hybridized carbons (Fsp3) is 0.333. The van der Waals surface area contributed by atoms with E-state index in [1.54, 1.807) is 6.20 Å². The standard InChI is InChI=1S/C24H25N5O5S2/c25-36(32,33)34-12-18-5-15(7-22(18)30)6-20-19(9-27-14-28-20)24(31)23-8-16(13-35-23)11-29-4-2-17-1-3-26-10-21(17)29/h1-4,8-10,13-15,18,22,30H,5-7,11-12H2,(H2,25,32,33)/t15-,18+,22-/m0/s1. The average Bonchev–Trinajstić information content (AvgIpc) is 3.57. The third kappa shape index (κ3) is 5.52. The molecule has 4 heterocycles. The Kier molecular flexibility index (Phi) is 6.95. The fourth-order valence-corrected chi connectivity index (χ4v) is 6.02. The van der Waals surface area contributed by atoms with Crippen molar-refractivity contribution < 1.29 is 22.5 Å². The van der Waals surface area contributed by atoms with Crippen LogP contribution in [0.4, 0.5) is 0 Å². The number of fused-ring (bicyclic) bond motifs is 1. The van der Waals surface area contributed by atoms with Crippen molar-refractivity contribution >= 4 is 38.3 Å². The molecule has 1 aliphatic rings. The van der Waals surface area contributed by atoms with Gasteiger partial charge in [0.05, 0.1) is 40.6 Å². The minimum Gasteiger partial charge on any atom is -0.393 e. The molecule has 12 heteroatoms. The number of aromatic nitrogens is 4. The highest BCUT2D eigenvalue weighted by molar-refractivity contribution is 7.84. The molecule has 0 saturated heterocycles. The lowest BCUT2D eigenvalue weighted by atomic mass is 9.96. The van der Waals surface area contributed by atoms with Crippen LogP contribution in [-0.2, 0) is 27.5 Å². The van der Waals surface area contributed by atoms with Gasteiger partial charge in [0.2, 0.25) is 5.78 Å². The van der Waals surface area contributed by atoms with E-state index >= 15 is 0 Å². The Hall–Kier alpha value is -3.03. The van der Waals surface area contributed by atoms with Gasteiger partial charge in [-0.25, -0.2) is 15.1 Å². The van der Waals surface area contributed by atoms with Gasteiger partial charge in [-0.05, 0) is 54.3 Å². The molecule has 36 heavy (non-hydrogen) atoms. The largest absolute Gasteiger partial charge is 0.393 e. The first kappa shape index (κ1) is 24.7. The van der Waals surface area contributed by atoms with Crippen LogP contribution >= 0.6 is 11.3 Å². The van der Waals surface area contributed by atoms with Gasteiger partial charge in [-0.1, -0.05) is 0 Å². The topological polar surface area (TPSA) is 150 Å². The van der Waals surface area contributed by atoms with Gasteiger partial charge < -0.3 is 9.67 Å². The number of hydrogen-bond acceptors (Lipinski definition) is 9. The Bertz CT molecular complexity index is 1500. The quantitative estimate of drug-likeness (QED) is 0.315. The van der Waals surface area contributed by atoms with Crippen LogP contribution in [0.25, 0.3) is 10.9 Å². The summed E-state index contributed by atoms with van der Waals surface area (Å²) < 4.78 is 28.9. The van der Waals surface area contributed by atoms with Crippen LogP contribution < -0.4 is 5.14 Å². The minimum atomic E-state index is -4.07. The molecular formula is C24H25N5O5S2. The summed E-state index contributed by atoms with van der Waals surface area (Å²) in [6.07, 6.45) is 9.28. The highest BCUT2D eigenvalue weighted by Crippen LogP contribution is 2.34. The molecular weight excluding hydrogens is 502 g/mol. The lowest BCUT2D eigenvalue weighted by Gasteiger charge is -2.13. The molecule has 0 spiro atoms. The number of nitrogens with two attached hydrogens (primary N) is 1. The normalized spacial score (nSPS) is 20.2. The van der Waals surface area contributed by atoms with Crippen molar-refractivity contribution in [2.75, 3.05) is 6.61 Å². The molecule has 4 aromatic heterocycles. The van der Waals surface area contributed by atoms with Crippen molar-refractivity contribution in [1.82, 2.24) is 19.5 Å². The lowest BCUT2D eigenvalue weighted by molar-refractivity contribution is 0.100. The maximum absolute atomic E-state index is 13.4. The number of carbonyl (C=O) groups excluding carboxylic acids is 1. The van der Waals surface area contributed by atoms with Crippen LogP contribution in [0.15, 0.2) is 54.7 Å². The third-order valence-corrected chi connectivity index (χ3v) is 7.97. The second-order valence-electron chi connectivity index (χ2n) is 9.06. The number of aliphatic hydroxyl groups excluding tert-OH is 1. The van der Waals surface area contributed by atoms with Gasteiger partial charge in [-0.15, -0.1) is 11.3 Å². The number of pyridine rings is 1. The van der Waals surface area contributed by atoms with Gasteiger partial charge in [0.15, 0.2) is 0 Å². The van der Waals surface area contributed by atoms with Crippen LogP contribution in [0.5, 0.6) is 0 Å². The number of rotatable bonds is 9. The smallest absolute Gasteiger partial charge is 0.333 e. The van der Waals surface area contributed by atoms with Crippen LogP contribution in [0.2, 0.25) is 0 Å². The van der Waals surface area contributed by atoms with Crippen LogP contribution in [0.1, 0.15) is 39.3 Å². The van der Waals surface area contributed by atoms with E-state index in [0.29, 0.717) is 41.9 Å². The first-order chi connectivity index (χ1) is 17.3. The highest BCUT2D eigenvalue weighted by Gasteiger charge is 2.35. The maximum Gasteiger partial charge on any atom is 0.333 e. The van der Waals surface area contributed by atoms with Crippen molar-refractivity contribution in [3.05, 3.63) is 76.4 Å². The van der Waals surface area contributed by atoms with Crippen LogP contribution in [0.3, 0.4) is 0 Å². The molecule has 5 rings (SSSR count). The second kappa shape index (κ2) is 10.1. The molecule has 0 aliphatic heterocycles. The summed E-state index contributed by atoms with van der Waals surface area (Å²) in [5.74, 6) is -0.479. The van der Waals surface area contributed by atoms with Gasteiger partial charge in [-0.3, -0.25) is 14.0 Å². The van der Waals surface area contributed by atoms with Crippen molar-refractivity contribution in [3.63, 3.8) is 0 Å². The van der Waals surface area contributed by atoms with Crippen LogP contribution in [0, 0.1) is 11.8 Å². The summed E-state index contributed by atoms with van der Waals surface area (Å²) in [7, 11) is -4.07. The van der Waals surface area contributed by atoms with Gasteiger partial charge in [0.25, 0.3) is 0 Å². The number of hydrogen-bond donors (Lipinski definition) is 2. The summed E-state index contributed by atoms with van der Waals surface area (Å²) in [6, 6.07) is 5.89. The Balaban J connectivity index is 1.28. The number of aliphatic hydroxyl groups is 1. The third-order valence-electron chi connectivity index (χ3n) is 6.53. The maximum atomic E-state index is 13.4. The molecule has 1 fully saturated rings. The first-order valence-electron chi connectivity index (χ1n) is 11.4. The van der Waals surface area contributed by atoms with Crippen molar-refractivity contribution in [2.24, 2.45) is 17.0 Å². The predicted octanol–water partition coefficient (Wildman–Crippen LogP) is 2.32. The molecule has 0 radical (unpaired) electrons. The van der Waals surface area contributed by atoms with Gasteiger partial charge in [0.1, 0.15) is 6.33 Å². The molecule has 0 unspecified atom stereocenters. The summed E-state index contributed by atoms with van der Waals surface area (Å²) in [5, 5.41) is 18.3. The van der Waals surface area contributed by atoms with E-state index < -0.39 is 16.4 Å². The van der Waals surface area contributed by atoms with Crippen molar-refractivity contribution in [2.45, 2.75) is 31.9 Å². The molecule has 188 valence electrons. The van der Waals surface area contributed by atoms with Gasteiger partial charge in [-0.2, -0.15) is 8.42 Å². The molecule has 1 aliphatic carbocycles. The summed E-state index contributed by atoms with van der Waals surface area (Å²) in [6.45, 7) is 0.454. The first-order valence-corrected chi connectivity index (χ1v) is 13.8. The zero-order valence-corrected chi connectivity index (χ0v) is 20.9. The van der Waals surface area contributed by atoms with Gasteiger partial charge in [0, 0.05) is 36.4 Å². The van der Waals surface area contributed by atoms with E-state index in [4.69, 9.17) is 5.14 Å². The highest BCUT2D eigenvalue weighted by atomic mass is 32.2. The SMILES string of the molecule is NS(=O)(=O)OC[C@H]1C[C@@H](Cc2ncncc2C(=O)c2cc(Cn3ccc4ccncc43)cs2)C[C@@H]1O. The van der Waals surface area contributed by atoms with Crippen LogP contribution in [-0.4, -0.2) is 51.5 Å². The monoisotopic (exact) mass is 527 g/mol. The Labute approximate surface area is 212 Å². The summed E-state index contributed by atoms with van der Waals surface area (Å²) in [4.78, 5) is 26.6. The number of carbonyl (C=O) groups is 1. The van der Waals surface area contributed by atoms with E-state index in [1.165, 1.54) is 23.9 Å². The number of thiophene rings is 1. The molecule has 4 aromatic rings. The molecule has 0 bridgehead atoms. The number of ketones is 1. The minimum absolute atomic E-state index is 0.0186. The molecule has 0 amide bonds. The van der Waals surface area contributed by atoms with Gasteiger partial charge >= 0.3 is 10.3 Å². The van der Waals surface area contributed by atoms with E-state index in [0.717, 1.165) is 16.5 Å². The van der Waals surface area contributed by atoms with Crippen molar-refractivity contribution in [1.29, 1.82) is 0 Å². The van der Waals surface area contributed by atoms with E-state index in [1.807, 2.05) is 36.0 Å².